The van der Waals surface area contributed by atoms with Gasteiger partial charge in [-0.3, -0.25) is 9.59 Å². The van der Waals surface area contributed by atoms with Gasteiger partial charge in [0.15, 0.2) is 0 Å². The standard InChI is InChI=1S/C23H26N2O3/c1-23(2)18-14-17(8-9-19(18)24-22(23)28)21(27)25-12-10-16(11-13-25)20(26)15-6-4-3-5-7-15/h3-9,14,16,20,26H,10-13H2,1-2H3,(H,24,28). The second-order valence-electron chi connectivity index (χ2n) is 8.32. The van der Waals surface area contributed by atoms with E-state index in [0.29, 0.717) is 18.7 Å². The quantitative estimate of drug-likeness (QED) is 0.859. The molecular weight excluding hydrogens is 352 g/mol. The average molecular weight is 378 g/mol. The van der Waals surface area contributed by atoms with Gasteiger partial charge >= 0.3 is 0 Å². The van der Waals surface area contributed by atoms with Gasteiger partial charge in [-0.1, -0.05) is 30.3 Å². The lowest BCUT2D eigenvalue weighted by atomic mass is 9.85. The zero-order valence-electron chi connectivity index (χ0n) is 16.3. The zero-order valence-corrected chi connectivity index (χ0v) is 16.3. The first-order chi connectivity index (χ1) is 13.4. The molecule has 1 unspecified atom stereocenters. The van der Waals surface area contributed by atoms with Crippen LogP contribution in [0, 0.1) is 5.92 Å². The summed E-state index contributed by atoms with van der Waals surface area (Å²) in [5, 5.41) is 13.5. The number of aliphatic hydroxyl groups excluding tert-OH is 1. The SMILES string of the molecule is CC1(C)C(=O)Nc2ccc(C(=O)N3CCC(C(O)c4ccccc4)CC3)cc21. The molecule has 0 spiro atoms. The van der Waals surface area contributed by atoms with Gasteiger partial charge in [0.25, 0.3) is 5.91 Å². The van der Waals surface area contributed by atoms with Crippen molar-refractivity contribution in [1.29, 1.82) is 0 Å². The third-order valence-corrected chi connectivity index (χ3v) is 6.17. The van der Waals surface area contributed by atoms with Crippen LogP contribution in [-0.4, -0.2) is 34.9 Å². The number of benzene rings is 2. The van der Waals surface area contributed by atoms with Gasteiger partial charge in [-0.15, -0.1) is 0 Å². The van der Waals surface area contributed by atoms with Crippen LogP contribution in [0.5, 0.6) is 0 Å². The molecule has 2 aliphatic rings. The average Bonchev–Trinajstić information content (AvgIpc) is 2.96. The number of hydrogen-bond donors (Lipinski definition) is 2. The van der Waals surface area contributed by atoms with E-state index in [4.69, 9.17) is 0 Å². The fourth-order valence-corrected chi connectivity index (χ4v) is 4.23. The highest BCUT2D eigenvalue weighted by molar-refractivity contribution is 6.07. The number of nitrogens with zero attached hydrogens (tertiary/aromatic N) is 1. The van der Waals surface area contributed by atoms with E-state index < -0.39 is 11.5 Å². The Kier molecular flexibility index (Phi) is 4.71. The predicted octanol–water partition coefficient (Wildman–Crippen LogP) is 3.50. The first-order valence-corrected chi connectivity index (χ1v) is 9.86. The van der Waals surface area contributed by atoms with Crippen molar-refractivity contribution < 1.29 is 14.7 Å². The molecule has 0 saturated carbocycles. The molecule has 0 bridgehead atoms. The maximum Gasteiger partial charge on any atom is 0.253 e. The predicted molar refractivity (Wildman–Crippen MR) is 108 cm³/mol. The molecule has 2 aromatic carbocycles. The minimum Gasteiger partial charge on any atom is -0.388 e. The molecule has 2 aromatic rings. The van der Waals surface area contributed by atoms with E-state index in [1.165, 1.54) is 0 Å². The van der Waals surface area contributed by atoms with Gasteiger partial charge in [-0.25, -0.2) is 0 Å². The van der Waals surface area contributed by atoms with Gasteiger partial charge in [-0.05, 0) is 61.9 Å². The van der Waals surface area contributed by atoms with Gasteiger partial charge in [0.05, 0.1) is 11.5 Å². The van der Waals surface area contributed by atoms with Crippen molar-refractivity contribution >= 4 is 17.5 Å². The number of aliphatic hydroxyl groups is 1. The Bertz CT molecular complexity index is 899. The van der Waals surface area contributed by atoms with Crippen LogP contribution in [0.4, 0.5) is 5.69 Å². The maximum atomic E-state index is 13.0. The Hall–Kier alpha value is -2.66. The highest BCUT2D eigenvalue weighted by Crippen LogP contribution is 2.38. The molecule has 0 radical (unpaired) electrons. The maximum absolute atomic E-state index is 13.0. The van der Waals surface area contributed by atoms with Crippen molar-refractivity contribution in [3.8, 4) is 0 Å². The van der Waals surface area contributed by atoms with E-state index in [1.54, 1.807) is 6.07 Å². The monoisotopic (exact) mass is 378 g/mol. The van der Waals surface area contributed by atoms with Crippen LogP contribution in [0.15, 0.2) is 48.5 Å². The van der Waals surface area contributed by atoms with Gasteiger partial charge in [-0.2, -0.15) is 0 Å². The number of anilines is 1. The summed E-state index contributed by atoms with van der Waals surface area (Å²) >= 11 is 0. The molecule has 5 heteroatoms. The van der Waals surface area contributed by atoms with E-state index in [9.17, 15) is 14.7 Å². The van der Waals surface area contributed by atoms with E-state index in [-0.39, 0.29) is 17.7 Å². The van der Waals surface area contributed by atoms with E-state index in [2.05, 4.69) is 5.32 Å². The van der Waals surface area contributed by atoms with Gasteiger partial charge < -0.3 is 15.3 Å². The van der Waals surface area contributed by atoms with Gasteiger partial charge in [0.2, 0.25) is 5.91 Å². The molecule has 2 amide bonds. The smallest absolute Gasteiger partial charge is 0.253 e. The van der Waals surface area contributed by atoms with Crippen LogP contribution in [0.3, 0.4) is 0 Å². The molecular formula is C23H26N2O3. The van der Waals surface area contributed by atoms with Crippen LogP contribution >= 0.6 is 0 Å². The molecule has 2 aliphatic heterocycles. The molecule has 1 saturated heterocycles. The van der Waals surface area contributed by atoms with Gasteiger partial charge in [0.1, 0.15) is 0 Å². The summed E-state index contributed by atoms with van der Waals surface area (Å²) < 4.78 is 0. The van der Waals surface area contributed by atoms with Crippen molar-refractivity contribution in [3.63, 3.8) is 0 Å². The topological polar surface area (TPSA) is 69.6 Å². The zero-order chi connectivity index (χ0) is 19.9. The summed E-state index contributed by atoms with van der Waals surface area (Å²) in [4.78, 5) is 27.0. The Morgan fingerprint density at radius 1 is 1.14 bits per heavy atom. The van der Waals surface area contributed by atoms with Crippen molar-refractivity contribution in [3.05, 3.63) is 65.2 Å². The summed E-state index contributed by atoms with van der Waals surface area (Å²) in [5.41, 5.74) is 2.59. The Morgan fingerprint density at radius 3 is 2.50 bits per heavy atom. The molecule has 5 nitrogen and oxygen atoms in total. The molecule has 4 rings (SSSR count). The van der Waals surface area contributed by atoms with E-state index in [1.807, 2.05) is 61.2 Å². The molecule has 1 atom stereocenters. The van der Waals surface area contributed by atoms with Crippen molar-refractivity contribution in [2.75, 3.05) is 18.4 Å². The molecule has 0 aromatic heterocycles. The minimum absolute atomic E-state index is 0.00870. The van der Waals surface area contributed by atoms with Crippen molar-refractivity contribution in [2.24, 2.45) is 5.92 Å². The highest BCUT2D eigenvalue weighted by Gasteiger charge is 2.39. The summed E-state index contributed by atoms with van der Waals surface area (Å²) in [7, 11) is 0. The third-order valence-electron chi connectivity index (χ3n) is 6.17. The van der Waals surface area contributed by atoms with Crippen LogP contribution in [0.1, 0.15) is 54.3 Å². The van der Waals surface area contributed by atoms with Crippen LogP contribution in [-0.2, 0) is 10.2 Å². The first-order valence-electron chi connectivity index (χ1n) is 9.86. The second kappa shape index (κ2) is 7.06. The largest absolute Gasteiger partial charge is 0.388 e. The summed E-state index contributed by atoms with van der Waals surface area (Å²) in [6.45, 7) is 5.01. The van der Waals surface area contributed by atoms with E-state index in [0.717, 1.165) is 29.7 Å². The Balaban J connectivity index is 1.44. The molecule has 146 valence electrons. The summed E-state index contributed by atoms with van der Waals surface area (Å²) in [5.74, 6) is 0.112. The van der Waals surface area contributed by atoms with Crippen LogP contribution in [0.2, 0.25) is 0 Å². The van der Waals surface area contributed by atoms with E-state index >= 15 is 0 Å². The number of fused-ring (bicyclic) bond motifs is 1. The Morgan fingerprint density at radius 2 is 1.82 bits per heavy atom. The molecule has 0 aliphatic carbocycles. The van der Waals surface area contributed by atoms with Crippen LogP contribution < -0.4 is 5.32 Å². The number of amides is 2. The fourth-order valence-electron chi connectivity index (χ4n) is 4.23. The van der Waals surface area contributed by atoms with Crippen LogP contribution in [0.25, 0.3) is 0 Å². The Labute approximate surface area is 165 Å². The summed E-state index contributed by atoms with van der Waals surface area (Å²) in [6.07, 6.45) is 1.06. The highest BCUT2D eigenvalue weighted by atomic mass is 16.3. The third kappa shape index (κ3) is 3.20. The lowest BCUT2D eigenvalue weighted by Crippen LogP contribution is -2.39. The number of carbonyl (C=O) groups excluding carboxylic acids is 2. The van der Waals surface area contributed by atoms with Crippen molar-refractivity contribution in [2.45, 2.75) is 38.2 Å². The number of rotatable bonds is 3. The number of nitrogens with one attached hydrogen (secondary N) is 1. The summed E-state index contributed by atoms with van der Waals surface area (Å²) in [6, 6.07) is 15.2. The number of hydrogen-bond acceptors (Lipinski definition) is 3. The number of likely N-dealkylation sites (tertiary alicyclic amines) is 1. The molecule has 1 fully saturated rings. The lowest BCUT2D eigenvalue weighted by Gasteiger charge is -2.34. The first kappa shape index (κ1) is 18.7. The fraction of sp³-hybridized carbons (Fsp3) is 0.391. The lowest BCUT2D eigenvalue weighted by molar-refractivity contribution is -0.119. The minimum atomic E-state index is -0.627. The number of piperidine rings is 1. The van der Waals surface area contributed by atoms with Gasteiger partial charge in [0, 0.05) is 24.3 Å². The number of carbonyl (C=O) groups is 2. The van der Waals surface area contributed by atoms with Crippen molar-refractivity contribution in [1.82, 2.24) is 4.90 Å². The molecule has 2 heterocycles. The second-order valence-corrected chi connectivity index (χ2v) is 8.32. The molecule has 28 heavy (non-hydrogen) atoms. The molecule has 2 N–H and O–H groups in total. The normalized spacial score (nSPS) is 19.8.